The monoisotopic (exact) mass is 440 g/mol. The first-order valence-corrected chi connectivity index (χ1v) is 12.2. The first kappa shape index (κ1) is 26.2. The van der Waals surface area contributed by atoms with E-state index in [0.29, 0.717) is 24.0 Å². The second-order valence-electron chi connectivity index (χ2n) is 10.2. The summed E-state index contributed by atoms with van der Waals surface area (Å²) in [5.41, 5.74) is 3.13. The number of hydrogen-bond acceptors (Lipinski definition) is 4. The zero-order valence-electron chi connectivity index (χ0n) is 21.0. The Kier molecular flexibility index (Phi) is 8.73. The van der Waals surface area contributed by atoms with Gasteiger partial charge in [0.1, 0.15) is 11.6 Å². The van der Waals surface area contributed by atoms with E-state index in [1.54, 1.807) is 0 Å². The maximum absolute atomic E-state index is 13.5. The minimum Gasteiger partial charge on any atom is -0.300 e. The molecule has 0 bridgehead atoms. The molecule has 0 heterocycles. The Morgan fingerprint density at radius 1 is 1.12 bits per heavy atom. The Morgan fingerprint density at radius 2 is 1.78 bits per heavy atom. The first-order valence-electron chi connectivity index (χ1n) is 12.2. The van der Waals surface area contributed by atoms with Gasteiger partial charge in [0.25, 0.3) is 0 Å². The van der Waals surface area contributed by atoms with Gasteiger partial charge in [-0.25, -0.2) is 0 Å². The van der Waals surface area contributed by atoms with Crippen molar-refractivity contribution in [3.63, 3.8) is 0 Å². The molecule has 0 radical (unpaired) electrons. The molecule has 0 N–H and O–H groups in total. The molecule has 1 aromatic rings. The maximum atomic E-state index is 13.5. The van der Waals surface area contributed by atoms with Gasteiger partial charge in [0, 0.05) is 29.4 Å². The SMILES string of the molecule is CCCC(CC1CC(=O)c2c(ccc(C(C)(C)CC)c2C)C1=O)C(CC)C(=O)CC(C)=O. The molecule has 1 aliphatic carbocycles. The third-order valence-corrected chi connectivity index (χ3v) is 7.52. The average molecular weight is 441 g/mol. The van der Waals surface area contributed by atoms with E-state index < -0.39 is 5.92 Å². The minimum atomic E-state index is -0.393. The van der Waals surface area contributed by atoms with E-state index in [4.69, 9.17) is 0 Å². The Morgan fingerprint density at radius 3 is 2.31 bits per heavy atom. The molecule has 32 heavy (non-hydrogen) atoms. The summed E-state index contributed by atoms with van der Waals surface area (Å²) < 4.78 is 0. The van der Waals surface area contributed by atoms with E-state index in [0.717, 1.165) is 30.4 Å². The third-order valence-electron chi connectivity index (χ3n) is 7.52. The molecule has 4 heteroatoms. The molecule has 3 atom stereocenters. The van der Waals surface area contributed by atoms with Gasteiger partial charge >= 0.3 is 0 Å². The molecule has 0 saturated heterocycles. The van der Waals surface area contributed by atoms with Crippen LogP contribution in [-0.4, -0.2) is 23.1 Å². The van der Waals surface area contributed by atoms with Crippen molar-refractivity contribution in [2.24, 2.45) is 17.8 Å². The molecule has 2 rings (SSSR count). The number of Topliss-reactive ketones (excluding diaryl/α,β-unsaturated/α-hetero) is 4. The zero-order chi connectivity index (χ0) is 24.2. The van der Waals surface area contributed by atoms with Crippen LogP contribution in [0.25, 0.3) is 0 Å². The van der Waals surface area contributed by atoms with Gasteiger partial charge in [0.05, 0.1) is 6.42 Å². The molecular weight excluding hydrogens is 400 g/mol. The van der Waals surface area contributed by atoms with Crippen LogP contribution < -0.4 is 0 Å². The van der Waals surface area contributed by atoms with E-state index in [1.807, 2.05) is 26.0 Å². The average Bonchev–Trinajstić information content (AvgIpc) is 2.71. The summed E-state index contributed by atoms with van der Waals surface area (Å²) in [6.45, 7) is 13.9. The largest absolute Gasteiger partial charge is 0.300 e. The number of rotatable bonds is 11. The number of benzene rings is 1. The minimum absolute atomic E-state index is 0.0135. The molecule has 0 spiro atoms. The summed E-state index contributed by atoms with van der Waals surface area (Å²) in [7, 11) is 0. The summed E-state index contributed by atoms with van der Waals surface area (Å²) in [5.74, 6) is -0.710. The molecule has 0 fully saturated rings. The molecule has 0 amide bonds. The Bertz CT molecular complexity index is 893. The van der Waals surface area contributed by atoms with E-state index in [1.165, 1.54) is 6.92 Å². The van der Waals surface area contributed by atoms with Crippen molar-refractivity contribution < 1.29 is 19.2 Å². The predicted molar refractivity (Wildman–Crippen MR) is 128 cm³/mol. The summed E-state index contributed by atoms with van der Waals surface area (Å²) in [5, 5.41) is 0. The van der Waals surface area contributed by atoms with Crippen molar-refractivity contribution in [1.29, 1.82) is 0 Å². The van der Waals surface area contributed by atoms with E-state index in [-0.39, 0.29) is 53.2 Å². The summed E-state index contributed by atoms with van der Waals surface area (Å²) in [6, 6.07) is 3.86. The first-order chi connectivity index (χ1) is 15.0. The lowest BCUT2D eigenvalue weighted by Crippen LogP contribution is -2.33. The number of ketones is 4. The van der Waals surface area contributed by atoms with Gasteiger partial charge < -0.3 is 0 Å². The van der Waals surface area contributed by atoms with Crippen LogP contribution in [0, 0.1) is 24.7 Å². The van der Waals surface area contributed by atoms with Crippen molar-refractivity contribution in [2.75, 3.05) is 0 Å². The molecule has 3 unspecified atom stereocenters. The van der Waals surface area contributed by atoms with E-state index in [9.17, 15) is 19.2 Å². The predicted octanol–water partition coefficient (Wildman–Crippen LogP) is 6.45. The highest BCUT2D eigenvalue weighted by atomic mass is 16.2. The zero-order valence-corrected chi connectivity index (χ0v) is 21.0. The third kappa shape index (κ3) is 5.44. The van der Waals surface area contributed by atoms with Gasteiger partial charge in [-0.15, -0.1) is 0 Å². The highest BCUT2D eigenvalue weighted by molar-refractivity contribution is 6.15. The molecular formula is C28H40O4. The standard InChI is InChI=1S/C28H40O4/c1-8-11-19(21(9-2)24(30)14-17(4)29)15-20-16-25(31)26-18(5)23(28(6,7)10-3)13-12-22(26)27(20)32/h12-13,19-21H,8-11,14-16H2,1-7H3. The van der Waals surface area contributed by atoms with Crippen LogP contribution in [0.5, 0.6) is 0 Å². The van der Waals surface area contributed by atoms with Crippen molar-refractivity contribution in [3.8, 4) is 0 Å². The lowest BCUT2D eigenvalue weighted by molar-refractivity contribution is -0.129. The van der Waals surface area contributed by atoms with Gasteiger partial charge in [0.2, 0.25) is 0 Å². The number of hydrogen-bond donors (Lipinski definition) is 0. The van der Waals surface area contributed by atoms with Gasteiger partial charge in [0.15, 0.2) is 11.6 Å². The van der Waals surface area contributed by atoms with E-state index in [2.05, 4.69) is 27.7 Å². The second kappa shape index (κ2) is 10.7. The van der Waals surface area contributed by atoms with Crippen LogP contribution in [0.15, 0.2) is 12.1 Å². The molecule has 0 aromatic heterocycles. The van der Waals surface area contributed by atoms with Crippen molar-refractivity contribution in [3.05, 3.63) is 34.4 Å². The van der Waals surface area contributed by atoms with Crippen LogP contribution in [0.4, 0.5) is 0 Å². The summed E-state index contributed by atoms with van der Waals surface area (Å²) in [6.07, 6.45) is 4.00. The van der Waals surface area contributed by atoms with Gasteiger partial charge in [-0.1, -0.05) is 53.2 Å². The number of carbonyl (C=O) groups is 4. The molecule has 1 aliphatic rings. The fourth-order valence-corrected chi connectivity index (χ4v) is 5.45. The lowest BCUT2D eigenvalue weighted by atomic mass is 9.70. The smallest absolute Gasteiger partial charge is 0.167 e. The van der Waals surface area contributed by atoms with Crippen LogP contribution in [0.2, 0.25) is 0 Å². The van der Waals surface area contributed by atoms with Crippen LogP contribution in [0.3, 0.4) is 0 Å². The van der Waals surface area contributed by atoms with Gasteiger partial charge in [-0.05, 0) is 62.0 Å². The molecule has 0 aliphatic heterocycles. The molecule has 0 saturated carbocycles. The Hall–Kier alpha value is -2.10. The Labute approximate surface area is 193 Å². The number of fused-ring (bicyclic) bond motifs is 1. The maximum Gasteiger partial charge on any atom is 0.167 e. The van der Waals surface area contributed by atoms with Gasteiger partial charge in [-0.2, -0.15) is 0 Å². The summed E-state index contributed by atoms with van der Waals surface area (Å²) in [4.78, 5) is 50.9. The highest BCUT2D eigenvalue weighted by Gasteiger charge is 2.38. The van der Waals surface area contributed by atoms with Crippen molar-refractivity contribution in [1.82, 2.24) is 0 Å². The molecule has 176 valence electrons. The van der Waals surface area contributed by atoms with E-state index >= 15 is 0 Å². The van der Waals surface area contributed by atoms with Crippen LogP contribution in [-0.2, 0) is 15.0 Å². The van der Waals surface area contributed by atoms with Crippen LogP contribution in [0.1, 0.15) is 118 Å². The molecule has 1 aromatic carbocycles. The molecule has 4 nitrogen and oxygen atoms in total. The second-order valence-corrected chi connectivity index (χ2v) is 10.2. The normalized spacial score (nSPS) is 18.3. The quantitative estimate of drug-likeness (QED) is 0.371. The topological polar surface area (TPSA) is 68.3 Å². The lowest BCUT2D eigenvalue weighted by Gasteiger charge is -2.32. The highest BCUT2D eigenvalue weighted by Crippen LogP contribution is 2.39. The van der Waals surface area contributed by atoms with Crippen LogP contribution >= 0.6 is 0 Å². The summed E-state index contributed by atoms with van der Waals surface area (Å²) >= 11 is 0. The number of carbonyl (C=O) groups excluding carboxylic acids is 4. The van der Waals surface area contributed by atoms with Gasteiger partial charge in [-0.3, -0.25) is 19.2 Å². The van der Waals surface area contributed by atoms with Crippen molar-refractivity contribution in [2.45, 2.75) is 98.8 Å². The Balaban J connectivity index is 2.36. The van der Waals surface area contributed by atoms with Crippen molar-refractivity contribution >= 4 is 23.1 Å². The fraction of sp³-hybridized carbons (Fsp3) is 0.643. The fourth-order valence-electron chi connectivity index (χ4n) is 5.45.